The van der Waals surface area contributed by atoms with Crippen molar-refractivity contribution in [3.63, 3.8) is 0 Å². The van der Waals surface area contributed by atoms with Gasteiger partial charge in [-0.2, -0.15) is 0 Å². The smallest absolute Gasteiger partial charge is 0.321 e. The first-order chi connectivity index (χ1) is 12.0. The molecule has 1 aliphatic rings. The monoisotopic (exact) mass is 340 g/mol. The predicted octanol–water partition coefficient (Wildman–Crippen LogP) is 2.78. The Kier molecular flexibility index (Phi) is 4.92. The standard InChI is InChI=1S/C18H20N4O3/c1-12-6-9-19-16(20-12)13-2-4-15(5-3-13)21-18(25)22-10-7-14(8-11-22)17(23)24/h2-6,9,14H,7-8,10-11H2,1H3,(H,21,25)(H,23,24). The normalized spacial score (nSPS) is 15.0. The van der Waals surface area contributed by atoms with Crippen molar-refractivity contribution < 1.29 is 14.7 Å². The molecule has 130 valence electrons. The van der Waals surface area contributed by atoms with E-state index in [1.54, 1.807) is 11.1 Å². The molecule has 3 rings (SSSR count). The summed E-state index contributed by atoms with van der Waals surface area (Å²) in [7, 11) is 0. The van der Waals surface area contributed by atoms with Gasteiger partial charge in [0.2, 0.25) is 0 Å². The van der Waals surface area contributed by atoms with Crippen LogP contribution in [-0.4, -0.2) is 45.1 Å². The number of aromatic nitrogens is 2. The zero-order valence-corrected chi connectivity index (χ0v) is 14.0. The number of likely N-dealkylation sites (tertiary alicyclic amines) is 1. The largest absolute Gasteiger partial charge is 0.481 e. The van der Waals surface area contributed by atoms with Crippen LogP contribution in [0.2, 0.25) is 0 Å². The Morgan fingerprint density at radius 3 is 2.44 bits per heavy atom. The highest BCUT2D eigenvalue weighted by atomic mass is 16.4. The number of urea groups is 1. The highest BCUT2D eigenvalue weighted by molar-refractivity contribution is 5.89. The molecular weight excluding hydrogens is 320 g/mol. The van der Waals surface area contributed by atoms with Crippen molar-refractivity contribution in [1.29, 1.82) is 0 Å². The molecule has 1 aliphatic heterocycles. The number of hydrogen-bond donors (Lipinski definition) is 2. The number of rotatable bonds is 3. The van der Waals surface area contributed by atoms with Gasteiger partial charge in [-0.1, -0.05) is 0 Å². The molecule has 1 aromatic heterocycles. The lowest BCUT2D eigenvalue weighted by molar-refractivity contribution is -0.143. The summed E-state index contributed by atoms with van der Waals surface area (Å²) < 4.78 is 0. The summed E-state index contributed by atoms with van der Waals surface area (Å²) >= 11 is 0. The van der Waals surface area contributed by atoms with Gasteiger partial charge in [-0.25, -0.2) is 14.8 Å². The van der Waals surface area contributed by atoms with Crippen LogP contribution in [0.1, 0.15) is 18.5 Å². The summed E-state index contributed by atoms with van der Waals surface area (Å²) in [4.78, 5) is 33.5. The van der Waals surface area contributed by atoms with E-state index in [-0.39, 0.29) is 11.9 Å². The van der Waals surface area contributed by atoms with Crippen molar-refractivity contribution in [2.45, 2.75) is 19.8 Å². The summed E-state index contributed by atoms with van der Waals surface area (Å²) in [6.07, 6.45) is 2.70. The third-order valence-corrected chi connectivity index (χ3v) is 4.32. The van der Waals surface area contributed by atoms with E-state index in [1.807, 2.05) is 37.3 Å². The number of anilines is 1. The van der Waals surface area contributed by atoms with Gasteiger partial charge in [-0.15, -0.1) is 0 Å². The van der Waals surface area contributed by atoms with Gasteiger partial charge in [0.05, 0.1) is 5.92 Å². The highest BCUT2D eigenvalue weighted by Gasteiger charge is 2.26. The third kappa shape index (κ3) is 4.12. The van der Waals surface area contributed by atoms with Crippen molar-refractivity contribution in [1.82, 2.24) is 14.9 Å². The van der Waals surface area contributed by atoms with Crippen LogP contribution >= 0.6 is 0 Å². The number of aliphatic carboxylic acids is 1. The van der Waals surface area contributed by atoms with Crippen LogP contribution in [0.15, 0.2) is 36.5 Å². The topological polar surface area (TPSA) is 95.4 Å². The van der Waals surface area contributed by atoms with Crippen molar-refractivity contribution in [3.8, 4) is 11.4 Å². The number of carbonyl (C=O) groups is 2. The number of carboxylic acids is 1. The average molecular weight is 340 g/mol. The Balaban J connectivity index is 1.60. The van der Waals surface area contributed by atoms with Crippen LogP contribution in [0.5, 0.6) is 0 Å². The predicted molar refractivity (Wildman–Crippen MR) is 93.2 cm³/mol. The lowest BCUT2D eigenvalue weighted by Gasteiger charge is -2.30. The number of carbonyl (C=O) groups excluding carboxylic acids is 1. The first-order valence-electron chi connectivity index (χ1n) is 8.22. The summed E-state index contributed by atoms with van der Waals surface area (Å²) in [6, 6.07) is 8.97. The van der Waals surface area contributed by atoms with E-state index in [1.165, 1.54) is 0 Å². The van der Waals surface area contributed by atoms with Crippen molar-refractivity contribution in [3.05, 3.63) is 42.2 Å². The van der Waals surface area contributed by atoms with E-state index >= 15 is 0 Å². The molecule has 1 aromatic carbocycles. The number of amides is 2. The Bertz CT molecular complexity index is 768. The molecule has 25 heavy (non-hydrogen) atoms. The van der Waals surface area contributed by atoms with Crippen LogP contribution in [0.3, 0.4) is 0 Å². The molecule has 2 amide bonds. The number of nitrogens with zero attached hydrogens (tertiary/aromatic N) is 3. The van der Waals surface area contributed by atoms with Crippen molar-refractivity contribution >= 4 is 17.7 Å². The highest BCUT2D eigenvalue weighted by Crippen LogP contribution is 2.20. The molecule has 0 aliphatic carbocycles. The minimum absolute atomic E-state index is 0.205. The molecule has 0 spiro atoms. The second-order valence-electron chi connectivity index (χ2n) is 6.13. The lowest BCUT2D eigenvalue weighted by atomic mass is 9.97. The number of benzene rings is 1. The van der Waals surface area contributed by atoms with Gasteiger partial charge < -0.3 is 15.3 Å². The molecular formula is C18H20N4O3. The summed E-state index contributed by atoms with van der Waals surface area (Å²) in [5.74, 6) is -0.486. The second kappa shape index (κ2) is 7.29. The van der Waals surface area contributed by atoms with Crippen LogP contribution in [0, 0.1) is 12.8 Å². The molecule has 7 nitrogen and oxygen atoms in total. The number of piperidine rings is 1. The maximum atomic E-state index is 12.3. The van der Waals surface area contributed by atoms with E-state index in [4.69, 9.17) is 5.11 Å². The van der Waals surface area contributed by atoms with Gasteiger partial charge in [-0.3, -0.25) is 4.79 Å². The fraction of sp³-hybridized carbons (Fsp3) is 0.333. The maximum Gasteiger partial charge on any atom is 0.321 e. The molecule has 0 atom stereocenters. The van der Waals surface area contributed by atoms with Crippen molar-refractivity contribution in [2.24, 2.45) is 5.92 Å². The number of hydrogen-bond acceptors (Lipinski definition) is 4. The minimum atomic E-state index is -0.783. The first kappa shape index (κ1) is 16.9. The number of aryl methyl sites for hydroxylation is 1. The van der Waals surface area contributed by atoms with Crippen LogP contribution in [0.4, 0.5) is 10.5 Å². The zero-order chi connectivity index (χ0) is 17.8. The molecule has 0 bridgehead atoms. The SMILES string of the molecule is Cc1ccnc(-c2ccc(NC(=O)N3CCC(C(=O)O)CC3)cc2)n1. The number of nitrogens with one attached hydrogen (secondary N) is 1. The Labute approximate surface area is 145 Å². The van der Waals surface area contributed by atoms with Crippen LogP contribution in [0.25, 0.3) is 11.4 Å². The maximum absolute atomic E-state index is 12.3. The fourth-order valence-electron chi connectivity index (χ4n) is 2.82. The molecule has 1 saturated heterocycles. The van der Waals surface area contributed by atoms with E-state index < -0.39 is 5.97 Å². The van der Waals surface area contributed by atoms with Gasteiger partial charge in [0, 0.05) is 36.2 Å². The number of carboxylic acid groups (broad SMARTS) is 1. The molecule has 0 radical (unpaired) electrons. The lowest BCUT2D eigenvalue weighted by Crippen LogP contribution is -2.42. The van der Waals surface area contributed by atoms with E-state index in [9.17, 15) is 9.59 Å². The van der Waals surface area contributed by atoms with Gasteiger partial charge in [0.1, 0.15) is 0 Å². The zero-order valence-electron chi connectivity index (χ0n) is 14.0. The molecule has 2 aromatic rings. The van der Waals surface area contributed by atoms with Gasteiger partial charge in [-0.05, 0) is 50.1 Å². The van der Waals surface area contributed by atoms with Gasteiger partial charge in [0.25, 0.3) is 0 Å². The summed E-state index contributed by atoms with van der Waals surface area (Å²) in [5.41, 5.74) is 2.46. The van der Waals surface area contributed by atoms with Gasteiger partial charge in [0.15, 0.2) is 5.82 Å². The molecule has 0 unspecified atom stereocenters. The van der Waals surface area contributed by atoms with Crippen LogP contribution < -0.4 is 5.32 Å². The van der Waals surface area contributed by atoms with E-state index in [2.05, 4.69) is 15.3 Å². The Morgan fingerprint density at radius 2 is 1.84 bits per heavy atom. The summed E-state index contributed by atoms with van der Waals surface area (Å²) in [5, 5.41) is 11.9. The van der Waals surface area contributed by atoms with Gasteiger partial charge >= 0.3 is 12.0 Å². The average Bonchev–Trinajstić information content (AvgIpc) is 2.62. The van der Waals surface area contributed by atoms with E-state index in [0.717, 1.165) is 11.3 Å². The quantitative estimate of drug-likeness (QED) is 0.896. The third-order valence-electron chi connectivity index (χ3n) is 4.32. The summed E-state index contributed by atoms with van der Waals surface area (Å²) in [6.45, 7) is 2.82. The first-order valence-corrected chi connectivity index (χ1v) is 8.22. The van der Waals surface area contributed by atoms with E-state index in [0.29, 0.717) is 37.4 Å². The molecule has 2 heterocycles. The van der Waals surface area contributed by atoms with Crippen molar-refractivity contribution in [2.75, 3.05) is 18.4 Å². The minimum Gasteiger partial charge on any atom is -0.481 e. The molecule has 1 fully saturated rings. The Morgan fingerprint density at radius 1 is 1.16 bits per heavy atom. The second-order valence-corrected chi connectivity index (χ2v) is 6.13. The Hall–Kier alpha value is -2.96. The molecule has 0 saturated carbocycles. The van der Waals surface area contributed by atoms with Crippen LogP contribution in [-0.2, 0) is 4.79 Å². The molecule has 2 N–H and O–H groups in total. The fourth-order valence-corrected chi connectivity index (χ4v) is 2.82. The molecule has 7 heteroatoms.